The van der Waals surface area contributed by atoms with Crippen LogP contribution in [0.15, 0.2) is 0 Å². The average molecular weight is 242 g/mol. The Bertz CT molecular complexity index is 410. The Kier molecular flexibility index (Phi) is 2.39. The molecule has 5 N–H and O–H groups in total. The van der Waals surface area contributed by atoms with E-state index in [0.29, 0.717) is 0 Å². The summed E-state index contributed by atoms with van der Waals surface area (Å²) in [5.74, 6) is -4.27. The lowest BCUT2D eigenvalue weighted by atomic mass is 9.90. The number of carboxylic acids is 2. The summed E-state index contributed by atoms with van der Waals surface area (Å²) in [6, 6.07) is -0.459. The summed E-state index contributed by atoms with van der Waals surface area (Å²) in [5, 5.41) is 20.6. The van der Waals surface area contributed by atoms with E-state index in [-0.39, 0.29) is 18.2 Å². The lowest BCUT2D eigenvalue weighted by Crippen LogP contribution is -2.52. The van der Waals surface area contributed by atoms with Crippen molar-refractivity contribution in [3.63, 3.8) is 0 Å². The van der Waals surface area contributed by atoms with Crippen molar-refractivity contribution >= 4 is 17.8 Å². The van der Waals surface area contributed by atoms with E-state index in [0.717, 1.165) is 0 Å². The van der Waals surface area contributed by atoms with E-state index in [1.54, 1.807) is 0 Å². The Morgan fingerprint density at radius 1 is 1.35 bits per heavy atom. The van der Waals surface area contributed by atoms with Gasteiger partial charge in [0.25, 0.3) is 0 Å². The Morgan fingerprint density at radius 3 is 2.35 bits per heavy atom. The number of rotatable bonds is 3. The van der Waals surface area contributed by atoms with Gasteiger partial charge in [0.05, 0.1) is 5.92 Å². The fourth-order valence-corrected chi connectivity index (χ4v) is 3.09. The van der Waals surface area contributed by atoms with Gasteiger partial charge in [-0.15, -0.1) is 0 Å². The fraction of sp³-hybridized carbons (Fsp3) is 0.700. The molecule has 0 unspecified atom stereocenters. The Labute approximate surface area is 97.0 Å². The van der Waals surface area contributed by atoms with Crippen LogP contribution < -0.4 is 11.1 Å². The van der Waals surface area contributed by atoms with Crippen molar-refractivity contribution in [2.24, 2.45) is 23.5 Å². The first-order valence-electron chi connectivity index (χ1n) is 5.31. The third-order valence-corrected chi connectivity index (χ3v) is 3.76. The van der Waals surface area contributed by atoms with Gasteiger partial charge in [0.1, 0.15) is 5.54 Å². The van der Waals surface area contributed by atoms with Gasteiger partial charge in [-0.05, 0) is 12.3 Å². The van der Waals surface area contributed by atoms with Crippen LogP contribution in [-0.4, -0.2) is 39.6 Å². The molecule has 2 rings (SSSR count). The van der Waals surface area contributed by atoms with Crippen LogP contribution in [-0.2, 0) is 14.4 Å². The molecule has 0 saturated heterocycles. The van der Waals surface area contributed by atoms with Gasteiger partial charge in [-0.25, -0.2) is 0 Å². The molecule has 2 aliphatic carbocycles. The zero-order chi connectivity index (χ0) is 13.0. The first-order chi connectivity index (χ1) is 7.79. The van der Waals surface area contributed by atoms with E-state index < -0.39 is 35.4 Å². The maximum absolute atomic E-state index is 11.1. The van der Waals surface area contributed by atoms with E-state index >= 15 is 0 Å². The van der Waals surface area contributed by atoms with E-state index in [9.17, 15) is 14.4 Å². The number of carbonyl (C=O) groups excluding carboxylic acids is 1. The average Bonchev–Trinajstić information content (AvgIpc) is 2.84. The highest BCUT2D eigenvalue weighted by atomic mass is 16.4. The van der Waals surface area contributed by atoms with E-state index in [1.807, 2.05) is 0 Å². The molecule has 2 fully saturated rings. The summed E-state index contributed by atoms with van der Waals surface area (Å²) in [6.07, 6.45) is 0.0844. The molecule has 5 atom stereocenters. The number of carbonyl (C=O) groups is 3. The first-order valence-corrected chi connectivity index (χ1v) is 5.31. The Morgan fingerprint density at radius 2 is 1.94 bits per heavy atom. The highest BCUT2D eigenvalue weighted by molar-refractivity contribution is 5.86. The molecule has 0 bridgehead atoms. The molecule has 94 valence electrons. The summed E-state index contributed by atoms with van der Waals surface area (Å²) in [6.45, 7) is 1.31. The predicted molar refractivity (Wildman–Crippen MR) is 54.9 cm³/mol. The summed E-state index contributed by atoms with van der Waals surface area (Å²) in [4.78, 5) is 33.1. The third-order valence-electron chi connectivity index (χ3n) is 3.76. The standard InChI is InChI=1S/C10H14N2O5/c1-3(13)12-4-2-10(11,9(16)17)7-5(4)6(7)8(14)15/h4-7H,2,11H2,1H3,(H,12,13)(H,14,15)(H,16,17)/t4-,5+,6+,7+,10+/m1/s1. The molecule has 0 aromatic heterocycles. The number of aliphatic carboxylic acids is 2. The second-order valence-electron chi connectivity index (χ2n) is 4.82. The summed E-state index contributed by atoms with van der Waals surface area (Å²) >= 11 is 0. The summed E-state index contributed by atoms with van der Waals surface area (Å²) in [7, 11) is 0. The zero-order valence-electron chi connectivity index (χ0n) is 9.21. The van der Waals surface area contributed by atoms with E-state index in [4.69, 9.17) is 15.9 Å². The maximum atomic E-state index is 11.1. The number of hydrogen-bond donors (Lipinski definition) is 4. The molecule has 0 radical (unpaired) electrons. The Hall–Kier alpha value is -1.63. The molecule has 2 saturated carbocycles. The SMILES string of the molecule is CC(=O)N[C@@H]1C[C@@](N)(C(=O)O)[C@@H]2[C@@H](C(=O)O)[C@@H]21. The minimum atomic E-state index is -1.54. The van der Waals surface area contributed by atoms with Crippen LogP contribution in [0.4, 0.5) is 0 Å². The first kappa shape index (κ1) is 11.8. The molecule has 17 heavy (non-hydrogen) atoms. The van der Waals surface area contributed by atoms with Gasteiger partial charge < -0.3 is 21.3 Å². The monoisotopic (exact) mass is 242 g/mol. The molecule has 7 heteroatoms. The van der Waals surface area contributed by atoms with Crippen LogP contribution in [0.1, 0.15) is 13.3 Å². The Balaban J connectivity index is 2.23. The van der Waals surface area contributed by atoms with Crippen LogP contribution in [0.25, 0.3) is 0 Å². The summed E-state index contributed by atoms with van der Waals surface area (Å²) in [5.41, 5.74) is 4.23. The molecule has 0 aromatic carbocycles. The van der Waals surface area contributed by atoms with Gasteiger partial charge in [-0.2, -0.15) is 0 Å². The second kappa shape index (κ2) is 3.43. The smallest absolute Gasteiger partial charge is 0.324 e. The minimum Gasteiger partial charge on any atom is -0.481 e. The molecule has 1 amide bonds. The minimum absolute atomic E-state index is 0.0844. The third kappa shape index (κ3) is 1.57. The maximum Gasteiger partial charge on any atom is 0.324 e. The largest absolute Gasteiger partial charge is 0.481 e. The van der Waals surface area contributed by atoms with E-state index in [2.05, 4.69) is 5.32 Å². The zero-order valence-corrected chi connectivity index (χ0v) is 9.21. The number of nitrogens with one attached hydrogen (secondary N) is 1. The van der Waals surface area contributed by atoms with Crippen LogP contribution in [0.5, 0.6) is 0 Å². The molecule has 2 aliphatic rings. The van der Waals surface area contributed by atoms with Crippen LogP contribution in [0, 0.1) is 17.8 Å². The van der Waals surface area contributed by atoms with Crippen molar-refractivity contribution in [2.45, 2.75) is 24.9 Å². The molecular weight excluding hydrogens is 228 g/mol. The second-order valence-corrected chi connectivity index (χ2v) is 4.82. The molecule has 0 aliphatic heterocycles. The summed E-state index contributed by atoms with van der Waals surface area (Å²) < 4.78 is 0. The lowest BCUT2D eigenvalue weighted by molar-refractivity contribution is -0.145. The highest BCUT2D eigenvalue weighted by Gasteiger charge is 2.74. The normalized spacial score (nSPS) is 42.7. The number of nitrogens with two attached hydrogens (primary N) is 1. The molecule has 0 aromatic rings. The number of carboxylic acid groups (broad SMARTS) is 2. The number of amides is 1. The molecule has 7 nitrogen and oxygen atoms in total. The quantitative estimate of drug-likeness (QED) is 0.482. The van der Waals surface area contributed by atoms with Crippen molar-refractivity contribution in [1.29, 1.82) is 0 Å². The number of hydrogen-bond acceptors (Lipinski definition) is 4. The van der Waals surface area contributed by atoms with Crippen molar-refractivity contribution in [1.82, 2.24) is 5.32 Å². The van der Waals surface area contributed by atoms with Crippen LogP contribution in [0.3, 0.4) is 0 Å². The van der Waals surface area contributed by atoms with Gasteiger partial charge >= 0.3 is 11.9 Å². The van der Waals surface area contributed by atoms with E-state index in [1.165, 1.54) is 6.92 Å². The molecular formula is C10H14N2O5. The van der Waals surface area contributed by atoms with Gasteiger partial charge in [-0.1, -0.05) is 0 Å². The molecule has 0 spiro atoms. The van der Waals surface area contributed by atoms with Crippen molar-refractivity contribution < 1.29 is 24.6 Å². The van der Waals surface area contributed by atoms with Gasteiger partial charge in [-0.3, -0.25) is 14.4 Å². The lowest BCUT2D eigenvalue weighted by Gasteiger charge is -2.24. The van der Waals surface area contributed by atoms with Crippen molar-refractivity contribution in [3.8, 4) is 0 Å². The van der Waals surface area contributed by atoms with Crippen molar-refractivity contribution in [3.05, 3.63) is 0 Å². The van der Waals surface area contributed by atoms with Gasteiger partial charge in [0, 0.05) is 18.9 Å². The van der Waals surface area contributed by atoms with Gasteiger partial charge in [0.2, 0.25) is 5.91 Å². The van der Waals surface area contributed by atoms with Crippen LogP contribution in [0.2, 0.25) is 0 Å². The number of fused-ring (bicyclic) bond motifs is 1. The van der Waals surface area contributed by atoms with Gasteiger partial charge in [0.15, 0.2) is 0 Å². The van der Waals surface area contributed by atoms with Crippen molar-refractivity contribution in [2.75, 3.05) is 0 Å². The predicted octanol–water partition coefficient (Wildman–Crippen LogP) is -1.38. The topological polar surface area (TPSA) is 130 Å². The highest BCUT2D eigenvalue weighted by Crippen LogP contribution is 2.61. The molecule has 0 heterocycles. The van der Waals surface area contributed by atoms with Crippen LogP contribution >= 0.6 is 0 Å². The fourth-order valence-electron chi connectivity index (χ4n) is 3.09.